The SMILES string of the molecule is CCC(C)NC(=O)c1cccc(CNC(=NC)N(C)Cc2ccc(OC)cc2OC)c1. The predicted molar refractivity (Wildman–Crippen MR) is 125 cm³/mol. The van der Waals surface area contributed by atoms with Gasteiger partial charge in [0.25, 0.3) is 5.91 Å². The Morgan fingerprint density at radius 2 is 1.94 bits per heavy atom. The molecular formula is C24H34N4O3. The van der Waals surface area contributed by atoms with Gasteiger partial charge in [0, 0.05) is 50.4 Å². The molecule has 0 heterocycles. The quantitative estimate of drug-likeness (QED) is 0.475. The highest BCUT2D eigenvalue weighted by atomic mass is 16.5. The van der Waals surface area contributed by atoms with Crippen LogP contribution in [0.15, 0.2) is 47.5 Å². The number of nitrogens with one attached hydrogen (secondary N) is 2. The third kappa shape index (κ3) is 6.91. The topological polar surface area (TPSA) is 75.2 Å². The second kappa shape index (κ2) is 11.8. The summed E-state index contributed by atoms with van der Waals surface area (Å²) < 4.78 is 10.8. The van der Waals surface area contributed by atoms with Crippen LogP contribution in [-0.2, 0) is 13.1 Å². The minimum atomic E-state index is -0.0516. The van der Waals surface area contributed by atoms with Crippen LogP contribution >= 0.6 is 0 Å². The molecule has 2 N–H and O–H groups in total. The summed E-state index contributed by atoms with van der Waals surface area (Å²) in [6, 6.07) is 13.6. The van der Waals surface area contributed by atoms with Crippen LogP contribution in [0.25, 0.3) is 0 Å². The van der Waals surface area contributed by atoms with Gasteiger partial charge in [-0.2, -0.15) is 0 Å². The molecule has 1 amide bonds. The number of ether oxygens (including phenoxy) is 2. The molecular weight excluding hydrogens is 392 g/mol. The van der Waals surface area contributed by atoms with Crippen LogP contribution < -0.4 is 20.1 Å². The Hall–Kier alpha value is -3.22. The average Bonchev–Trinajstić information content (AvgIpc) is 2.79. The smallest absolute Gasteiger partial charge is 0.251 e. The largest absolute Gasteiger partial charge is 0.497 e. The first kappa shape index (κ1) is 24.1. The van der Waals surface area contributed by atoms with Crippen molar-refractivity contribution >= 4 is 11.9 Å². The number of guanidine groups is 1. The standard InChI is InChI=1S/C24H34N4O3/c1-7-17(2)27-23(29)19-10-8-9-18(13-19)15-26-24(25-3)28(4)16-20-11-12-21(30-5)14-22(20)31-6/h8-14,17H,7,15-16H2,1-6H3,(H,25,26)(H,27,29). The van der Waals surface area contributed by atoms with Crippen LogP contribution in [0, 0.1) is 0 Å². The number of aliphatic imine (C=N–C) groups is 1. The third-order valence-electron chi connectivity index (χ3n) is 5.10. The van der Waals surface area contributed by atoms with E-state index in [1.165, 1.54) is 0 Å². The fraction of sp³-hybridized carbons (Fsp3) is 0.417. The van der Waals surface area contributed by atoms with E-state index in [4.69, 9.17) is 9.47 Å². The molecule has 2 aromatic rings. The molecule has 7 heteroatoms. The lowest BCUT2D eigenvalue weighted by Crippen LogP contribution is -2.38. The monoisotopic (exact) mass is 426 g/mol. The molecule has 0 saturated heterocycles. The summed E-state index contributed by atoms with van der Waals surface area (Å²) in [5.41, 5.74) is 2.69. The minimum Gasteiger partial charge on any atom is -0.497 e. The normalized spacial score (nSPS) is 12.1. The van der Waals surface area contributed by atoms with Gasteiger partial charge >= 0.3 is 0 Å². The molecule has 168 valence electrons. The lowest BCUT2D eigenvalue weighted by atomic mass is 10.1. The van der Waals surface area contributed by atoms with E-state index in [0.717, 1.165) is 35.0 Å². The number of nitrogens with zero attached hydrogens (tertiary/aromatic N) is 2. The summed E-state index contributed by atoms with van der Waals surface area (Å²) >= 11 is 0. The highest BCUT2D eigenvalue weighted by Crippen LogP contribution is 2.25. The molecule has 0 saturated carbocycles. The zero-order chi connectivity index (χ0) is 22.8. The minimum absolute atomic E-state index is 0.0516. The molecule has 0 radical (unpaired) electrons. The lowest BCUT2D eigenvalue weighted by Gasteiger charge is -2.23. The fourth-order valence-corrected chi connectivity index (χ4v) is 3.11. The molecule has 0 aliphatic carbocycles. The summed E-state index contributed by atoms with van der Waals surface area (Å²) in [5.74, 6) is 2.21. The number of amides is 1. The number of rotatable bonds is 9. The number of methoxy groups -OCH3 is 2. The Kier molecular flexibility index (Phi) is 9.18. The maximum Gasteiger partial charge on any atom is 0.251 e. The molecule has 0 aliphatic heterocycles. The Labute approximate surface area is 185 Å². The van der Waals surface area contributed by atoms with Crippen LogP contribution in [0.5, 0.6) is 11.5 Å². The van der Waals surface area contributed by atoms with Gasteiger partial charge in [0.2, 0.25) is 0 Å². The zero-order valence-electron chi connectivity index (χ0n) is 19.4. The van der Waals surface area contributed by atoms with Gasteiger partial charge in [-0.15, -0.1) is 0 Å². The van der Waals surface area contributed by atoms with Crippen molar-refractivity contribution in [2.45, 2.75) is 39.4 Å². The van der Waals surface area contributed by atoms with Crippen LogP contribution in [0.1, 0.15) is 41.8 Å². The molecule has 2 rings (SSSR count). The van der Waals surface area contributed by atoms with Crippen molar-refractivity contribution in [3.8, 4) is 11.5 Å². The summed E-state index contributed by atoms with van der Waals surface area (Å²) in [6.45, 7) is 5.22. The summed E-state index contributed by atoms with van der Waals surface area (Å²) in [4.78, 5) is 18.8. The van der Waals surface area contributed by atoms with E-state index in [9.17, 15) is 4.79 Å². The summed E-state index contributed by atoms with van der Waals surface area (Å²) in [7, 11) is 7.00. The molecule has 0 aromatic heterocycles. The van der Waals surface area contributed by atoms with Gasteiger partial charge in [-0.3, -0.25) is 9.79 Å². The molecule has 0 bridgehead atoms. The van der Waals surface area contributed by atoms with Crippen molar-refractivity contribution in [1.82, 2.24) is 15.5 Å². The lowest BCUT2D eigenvalue weighted by molar-refractivity contribution is 0.0939. The van der Waals surface area contributed by atoms with Gasteiger partial charge in [-0.05, 0) is 43.2 Å². The molecule has 7 nitrogen and oxygen atoms in total. The van der Waals surface area contributed by atoms with Crippen molar-refractivity contribution < 1.29 is 14.3 Å². The molecule has 0 aliphatic rings. The van der Waals surface area contributed by atoms with Crippen molar-refractivity contribution in [2.75, 3.05) is 28.3 Å². The van der Waals surface area contributed by atoms with Crippen LogP contribution in [0.4, 0.5) is 0 Å². The second-order valence-corrected chi connectivity index (χ2v) is 7.42. The Balaban J connectivity index is 2.02. The van der Waals surface area contributed by atoms with Gasteiger partial charge in [-0.25, -0.2) is 0 Å². The second-order valence-electron chi connectivity index (χ2n) is 7.42. The number of benzene rings is 2. The number of carbonyl (C=O) groups excluding carboxylic acids is 1. The first-order chi connectivity index (χ1) is 14.9. The van der Waals surface area contributed by atoms with Crippen molar-refractivity contribution in [3.63, 3.8) is 0 Å². The first-order valence-corrected chi connectivity index (χ1v) is 10.4. The molecule has 31 heavy (non-hydrogen) atoms. The van der Waals surface area contributed by atoms with Crippen molar-refractivity contribution in [3.05, 3.63) is 59.2 Å². The molecule has 1 atom stereocenters. The van der Waals surface area contributed by atoms with E-state index >= 15 is 0 Å². The number of carbonyl (C=O) groups is 1. The van der Waals surface area contributed by atoms with E-state index < -0.39 is 0 Å². The predicted octanol–water partition coefficient (Wildman–Crippen LogP) is 3.44. The summed E-state index contributed by atoms with van der Waals surface area (Å²) in [6.07, 6.45) is 0.897. The van der Waals surface area contributed by atoms with Crippen LogP contribution in [0.3, 0.4) is 0 Å². The molecule has 1 unspecified atom stereocenters. The molecule has 2 aromatic carbocycles. The van der Waals surface area contributed by atoms with Crippen molar-refractivity contribution in [1.29, 1.82) is 0 Å². The first-order valence-electron chi connectivity index (χ1n) is 10.4. The van der Waals surface area contributed by atoms with E-state index in [2.05, 4.69) is 22.5 Å². The van der Waals surface area contributed by atoms with E-state index in [1.807, 2.05) is 61.3 Å². The molecule has 0 fully saturated rings. The van der Waals surface area contributed by atoms with Gasteiger partial charge in [0.1, 0.15) is 11.5 Å². The Morgan fingerprint density at radius 3 is 2.58 bits per heavy atom. The van der Waals surface area contributed by atoms with E-state index in [1.54, 1.807) is 21.3 Å². The van der Waals surface area contributed by atoms with Gasteiger partial charge in [0.15, 0.2) is 5.96 Å². The van der Waals surface area contributed by atoms with Crippen LogP contribution in [-0.4, -0.2) is 51.1 Å². The Morgan fingerprint density at radius 1 is 1.16 bits per heavy atom. The fourth-order valence-electron chi connectivity index (χ4n) is 3.11. The van der Waals surface area contributed by atoms with Gasteiger partial charge in [-0.1, -0.05) is 19.1 Å². The van der Waals surface area contributed by atoms with Crippen LogP contribution in [0.2, 0.25) is 0 Å². The number of hydrogen-bond acceptors (Lipinski definition) is 4. The Bertz CT molecular complexity index is 898. The maximum atomic E-state index is 12.4. The average molecular weight is 427 g/mol. The summed E-state index contributed by atoms with van der Waals surface area (Å²) in [5, 5.41) is 6.36. The van der Waals surface area contributed by atoms with Crippen molar-refractivity contribution in [2.24, 2.45) is 4.99 Å². The van der Waals surface area contributed by atoms with Gasteiger partial charge < -0.3 is 25.0 Å². The highest BCUT2D eigenvalue weighted by molar-refractivity contribution is 5.94. The van der Waals surface area contributed by atoms with E-state index in [0.29, 0.717) is 18.7 Å². The maximum absolute atomic E-state index is 12.4. The zero-order valence-corrected chi connectivity index (χ0v) is 19.4. The number of hydrogen-bond donors (Lipinski definition) is 2. The van der Waals surface area contributed by atoms with Gasteiger partial charge in [0.05, 0.1) is 14.2 Å². The van der Waals surface area contributed by atoms with E-state index in [-0.39, 0.29) is 11.9 Å². The third-order valence-corrected chi connectivity index (χ3v) is 5.10. The molecule has 0 spiro atoms. The highest BCUT2D eigenvalue weighted by Gasteiger charge is 2.12.